The molecule has 0 aromatic carbocycles. The van der Waals surface area contributed by atoms with Gasteiger partial charge in [0, 0.05) is 11.3 Å². The van der Waals surface area contributed by atoms with E-state index in [0.717, 1.165) is 13.0 Å². The van der Waals surface area contributed by atoms with Gasteiger partial charge in [-0.15, -0.1) is 11.3 Å². The monoisotopic (exact) mass is 156 g/mol. The Balaban J connectivity index is 2.12. The number of hydrogen-bond acceptors (Lipinski definition) is 3. The molecule has 1 aromatic heterocycles. The zero-order chi connectivity index (χ0) is 6.81. The molecule has 1 fully saturated rings. The molecule has 0 amide bonds. The zero-order valence-corrected chi connectivity index (χ0v) is 6.26. The van der Waals surface area contributed by atoms with E-state index in [0.29, 0.717) is 0 Å². The maximum absolute atomic E-state index is 5.01. The molecule has 0 spiro atoms. The molecule has 1 saturated heterocycles. The standard InChI is InChI=1S/C7H8O2S/c1-2-7(10-5-1)6-3-4-8-9-6/h1-2,5-6H,3-4H2. The summed E-state index contributed by atoms with van der Waals surface area (Å²) in [6, 6.07) is 4.10. The van der Waals surface area contributed by atoms with Gasteiger partial charge >= 0.3 is 0 Å². The van der Waals surface area contributed by atoms with E-state index in [1.165, 1.54) is 4.88 Å². The van der Waals surface area contributed by atoms with Crippen molar-refractivity contribution in [1.82, 2.24) is 0 Å². The van der Waals surface area contributed by atoms with Crippen molar-refractivity contribution in [3.8, 4) is 0 Å². The average molecular weight is 156 g/mol. The lowest BCUT2D eigenvalue weighted by molar-refractivity contribution is -0.276. The Morgan fingerprint density at radius 2 is 2.60 bits per heavy atom. The van der Waals surface area contributed by atoms with E-state index in [4.69, 9.17) is 9.78 Å². The molecule has 3 heteroatoms. The summed E-state index contributed by atoms with van der Waals surface area (Å²) in [7, 11) is 0. The van der Waals surface area contributed by atoms with Crippen molar-refractivity contribution in [1.29, 1.82) is 0 Å². The molecule has 2 rings (SSSR count). The second-order valence-corrected chi connectivity index (χ2v) is 3.19. The fourth-order valence-electron chi connectivity index (χ4n) is 0.998. The third kappa shape index (κ3) is 1.08. The van der Waals surface area contributed by atoms with Crippen LogP contribution in [0.3, 0.4) is 0 Å². The van der Waals surface area contributed by atoms with Crippen LogP contribution in [0.5, 0.6) is 0 Å². The highest BCUT2D eigenvalue weighted by Gasteiger charge is 2.19. The minimum absolute atomic E-state index is 0.194. The van der Waals surface area contributed by atoms with Gasteiger partial charge in [0.2, 0.25) is 0 Å². The van der Waals surface area contributed by atoms with Gasteiger partial charge in [-0.2, -0.15) is 0 Å². The molecule has 0 saturated carbocycles. The lowest BCUT2D eigenvalue weighted by Gasteiger charge is -2.00. The van der Waals surface area contributed by atoms with Crippen LogP contribution in [0.25, 0.3) is 0 Å². The van der Waals surface area contributed by atoms with Gasteiger partial charge in [0.1, 0.15) is 6.10 Å². The van der Waals surface area contributed by atoms with Crippen LogP contribution in [0.4, 0.5) is 0 Å². The molecule has 0 aliphatic carbocycles. The maximum atomic E-state index is 5.01. The Hall–Kier alpha value is -0.380. The first-order valence-corrected chi connectivity index (χ1v) is 4.16. The van der Waals surface area contributed by atoms with Gasteiger partial charge in [-0.3, -0.25) is 0 Å². The van der Waals surface area contributed by atoms with Crippen molar-refractivity contribution in [3.63, 3.8) is 0 Å². The maximum Gasteiger partial charge on any atom is 0.129 e. The molecular weight excluding hydrogens is 148 g/mol. The second kappa shape index (κ2) is 2.70. The highest BCUT2D eigenvalue weighted by molar-refractivity contribution is 7.10. The summed E-state index contributed by atoms with van der Waals surface area (Å²) in [5.74, 6) is 0. The first-order valence-electron chi connectivity index (χ1n) is 3.28. The van der Waals surface area contributed by atoms with Crippen molar-refractivity contribution in [3.05, 3.63) is 22.4 Å². The smallest absolute Gasteiger partial charge is 0.129 e. The molecule has 1 atom stereocenters. The van der Waals surface area contributed by atoms with Crippen molar-refractivity contribution in [2.24, 2.45) is 0 Å². The molecule has 2 heterocycles. The molecule has 10 heavy (non-hydrogen) atoms. The summed E-state index contributed by atoms with van der Waals surface area (Å²) in [5.41, 5.74) is 0. The lowest BCUT2D eigenvalue weighted by atomic mass is 10.2. The van der Waals surface area contributed by atoms with Gasteiger partial charge in [-0.1, -0.05) is 6.07 Å². The van der Waals surface area contributed by atoms with Gasteiger partial charge in [0.05, 0.1) is 6.61 Å². The lowest BCUT2D eigenvalue weighted by Crippen LogP contribution is -1.89. The molecule has 54 valence electrons. The highest BCUT2D eigenvalue weighted by atomic mass is 32.1. The van der Waals surface area contributed by atoms with Crippen LogP contribution >= 0.6 is 11.3 Å². The summed E-state index contributed by atoms with van der Waals surface area (Å²) < 4.78 is 0. The van der Waals surface area contributed by atoms with E-state index in [-0.39, 0.29) is 6.10 Å². The predicted molar refractivity (Wildman–Crippen MR) is 38.7 cm³/mol. The average Bonchev–Trinajstić information content (AvgIpc) is 2.59. The fraction of sp³-hybridized carbons (Fsp3) is 0.429. The SMILES string of the molecule is c1csc(C2CCOO2)c1. The van der Waals surface area contributed by atoms with E-state index in [1.54, 1.807) is 11.3 Å². The highest BCUT2D eigenvalue weighted by Crippen LogP contribution is 2.29. The first kappa shape index (κ1) is 6.34. The molecule has 0 radical (unpaired) electrons. The summed E-state index contributed by atoms with van der Waals surface area (Å²) in [4.78, 5) is 11.1. The molecule has 0 N–H and O–H groups in total. The van der Waals surface area contributed by atoms with E-state index >= 15 is 0 Å². The first-order chi connectivity index (χ1) is 4.97. The Morgan fingerprint density at radius 1 is 1.60 bits per heavy atom. The number of thiophene rings is 1. The van der Waals surface area contributed by atoms with Crippen LogP contribution in [0.1, 0.15) is 17.4 Å². The minimum Gasteiger partial charge on any atom is -0.236 e. The van der Waals surface area contributed by atoms with E-state index < -0.39 is 0 Å². The van der Waals surface area contributed by atoms with Crippen LogP contribution in [-0.2, 0) is 9.78 Å². The van der Waals surface area contributed by atoms with Crippen LogP contribution in [0.2, 0.25) is 0 Å². The van der Waals surface area contributed by atoms with Gasteiger partial charge < -0.3 is 0 Å². The number of hydrogen-bond donors (Lipinski definition) is 0. The molecule has 1 aliphatic heterocycles. The van der Waals surface area contributed by atoms with Crippen LogP contribution in [0.15, 0.2) is 17.5 Å². The van der Waals surface area contributed by atoms with E-state index in [1.807, 2.05) is 6.07 Å². The summed E-state index contributed by atoms with van der Waals surface area (Å²) in [6.07, 6.45) is 1.18. The number of rotatable bonds is 1. The van der Waals surface area contributed by atoms with Gasteiger partial charge in [0.25, 0.3) is 0 Å². The Bertz CT molecular complexity index is 189. The van der Waals surface area contributed by atoms with Crippen molar-refractivity contribution >= 4 is 11.3 Å². The summed E-state index contributed by atoms with van der Waals surface area (Å²) in [5, 5.41) is 2.05. The Labute approximate surface area is 63.3 Å². The van der Waals surface area contributed by atoms with Crippen molar-refractivity contribution < 1.29 is 9.78 Å². The summed E-state index contributed by atoms with van der Waals surface area (Å²) in [6.45, 7) is 0.725. The minimum atomic E-state index is 0.194. The van der Waals surface area contributed by atoms with Crippen LogP contribution in [-0.4, -0.2) is 6.61 Å². The molecular formula is C7H8O2S. The molecule has 1 aromatic rings. The van der Waals surface area contributed by atoms with Crippen molar-refractivity contribution in [2.75, 3.05) is 6.61 Å². The van der Waals surface area contributed by atoms with Gasteiger partial charge in [-0.25, -0.2) is 9.78 Å². The molecule has 1 unspecified atom stereocenters. The third-order valence-electron chi connectivity index (χ3n) is 1.51. The fourth-order valence-corrected chi connectivity index (χ4v) is 1.78. The van der Waals surface area contributed by atoms with Gasteiger partial charge in [0.15, 0.2) is 0 Å². The largest absolute Gasteiger partial charge is 0.236 e. The topological polar surface area (TPSA) is 18.5 Å². The third-order valence-corrected chi connectivity index (χ3v) is 2.47. The molecule has 0 bridgehead atoms. The second-order valence-electron chi connectivity index (χ2n) is 2.21. The van der Waals surface area contributed by atoms with Crippen LogP contribution < -0.4 is 0 Å². The Morgan fingerprint density at radius 3 is 3.20 bits per heavy atom. The van der Waals surface area contributed by atoms with Crippen molar-refractivity contribution in [2.45, 2.75) is 12.5 Å². The van der Waals surface area contributed by atoms with E-state index in [9.17, 15) is 0 Å². The molecule has 1 aliphatic rings. The predicted octanol–water partition coefficient (Wildman–Crippen LogP) is 2.14. The Kier molecular flexibility index (Phi) is 1.71. The normalized spacial score (nSPS) is 25.4. The summed E-state index contributed by atoms with van der Waals surface area (Å²) >= 11 is 1.72. The van der Waals surface area contributed by atoms with E-state index in [2.05, 4.69) is 11.4 Å². The van der Waals surface area contributed by atoms with Gasteiger partial charge in [-0.05, 0) is 11.4 Å². The van der Waals surface area contributed by atoms with Crippen LogP contribution in [0, 0.1) is 0 Å². The zero-order valence-electron chi connectivity index (χ0n) is 5.45. The molecule has 2 nitrogen and oxygen atoms in total. The quantitative estimate of drug-likeness (QED) is 0.580.